The van der Waals surface area contributed by atoms with E-state index in [2.05, 4.69) is 97.9 Å². The maximum absolute atomic E-state index is 2.22. The summed E-state index contributed by atoms with van der Waals surface area (Å²) in [6.45, 7) is 0. The van der Waals surface area contributed by atoms with E-state index in [4.69, 9.17) is 0 Å². The highest BCUT2D eigenvalue weighted by molar-refractivity contribution is 5.86. The summed E-state index contributed by atoms with van der Waals surface area (Å²) in [5.74, 6) is 0. The van der Waals surface area contributed by atoms with Crippen molar-refractivity contribution in [2.45, 2.75) is 0 Å². The lowest BCUT2D eigenvalue weighted by Gasteiger charge is -2.11. The largest absolute Gasteiger partial charge is 0.378 e. The molecule has 0 spiro atoms. The van der Waals surface area contributed by atoms with Gasteiger partial charge in [0.2, 0.25) is 0 Å². The normalized spacial score (nSPS) is 11.1. The van der Waals surface area contributed by atoms with E-state index >= 15 is 0 Å². The molecule has 0 aliphatic rings. The molecule has 0 atom stereocenters. The molecule has 0 radical (unpaired) electrons. The fourth-order valence-corrected chi connectivity index (χ4v) is 2.39. The Morgan fingerprint density at radius 3 is 2.00 bits per heavy atom. The first-order valence-corrected chi connectivity index (χ1v) is 7.17. The highest BCUT2D eigenvalue weighted by Crippen LogP contribution is 2.18. The van der Waals surface area contributed by atoms with E-state index < -0.39 is 0 Å². The van der Waals surface area contributed by atoms with Gasteiger partial charge in [-0.15, -0.1) is 0 Å². The second-order valence-electron chi connectivity index (χ2n) is 5.43. The van der Waals surface area contributed by atoms with Crippen LogP contribution >= 0.6 is 0 Å². The Morgan fingerprint density at radius 1 is 0.667 bits per heavy atom. The molecule has 1 heteroatoms. The Kier molecular flexibility index (Phi) is 3.74. The maximum atomic E-state index is 2.22. The molecule has 0 bridgehead atoms. The van der Waals surface area contributed by atoms with Crippen LogP contribution in [0.5, 0.6) is 0 Å². The number of hydrogen-bond acceptors (Lipinski definition) is 1. The van der Waals surface area contributed by atoms with Crippen molar-refractivity contribution in [2.24, 2.45) is 0 Å². The Bertz CT molecular complexity index is 767. The predicted molar refractivity (Wildman–Crippen MR) is 93.6 cm³/mol. The number of fused-ring (bicyclic) bond motifs is 1. The van der Waals surface area contributed by atoms with E-state index in [1.807, 2.05) is 0 Å². The van der Waals surface area contributed by atoms with Gasteiger partial charge in [-0.05, 0) is 40.1 Å². The van der Waals surface area contributed by atoms with Gasteiger partial charge < -0.3 is 4.90 Å². The Morgan fingerprint density at radius 2 is 1.29 bits per heavy atom. The summed E-state index contributed by atoms with van der Waals surface area (Å²) in [5, 5.41) is 2.56. The lowest BCUT2D eigenvalue weighted by Crippen LogP contribution is -2.07. The summed E-state index contributed by atoms with van der Waals surface area (Å²) in [6, 6.07) is 23.6. The zero-order valence-electron chi connectivity index (χ0n) is 12.5. The van der Waals surface area contributed by atoms with Crippen molar-refractivity contribution in [1.82, 2.24) is 0 Å². The summed E-state index contributed by atoms with van der Waals surface area (Å²) in [7, 11) is 4.11. The first-order chi connectivity index (χ1) is 10.2. The monoisotopic (exact) mass is 273 g/mol. The highest BCUT2D eigenvalue weighted by Gasteiger charge is 1.95. The van der Waals surface area contributed by atoms with Crippen LogP contribution in [0.1, 0.15) is 11.1 Å². The molecule has 0 aliphatic heterocycles. The van der Waals surface area contributed by atoms with E-state index in [1.54, 1.807) is 0 Å². The SMILES string of the molecule is CN(C)c1ccc(/C=C\c2ccc3ccccc3c2)cc1. The second kappa shape index (κ2) is 5.84. The van der Waals surface area contributed by atoms with Gasteiger partial charge in [-0.1, -0.05) is 60.7 Å². The number of rotatable bonds is 3. The van der Waals surface area contributed by atoms with Crippen molar-refractivity contribution in [3.05, 3.63) is 77.9 Å². The van der Waals surface area contributed by atoms with Crippen LogP contribution in [-0.4, -0.2) is 14.1 Å². The molecule has 0 N–H and O–H groups in total. The van der Waals surface area contributed by atoms with Crippen LogP contribution in [0.25, 0.3) is 22.9 Å². The number of hydrogen-bond donors (Lipinski definition) is 0. The van der Waals surface area contributed by atoms with Crippen molar-refractivity contribution in [3.63, 3.8) is 0 Å². The minimum Gasteiger partial charge on any atom is -0.378 e. The van der Waals surface area contributed by atoms with Crippen LogP contribution in [0.2, 0.25) is 0 Å². The zero-order chi connectivity index (χ0) is 14.7. The van der Waals surface area contributed by atoms with Gasteiger partial charge in [0.15, 0.2) is 0 Å². The van der Waals surface area contributed by atoms with Crippen molar-refractivity contribution < 1.29 is 0 Å². The Labute approximate surface area is 126 Å². The standard InChI is InChI=1S/C20H19N/c1-21(2)20-13-10-16(11-14-20)7-8-17-9-12-18-5-3-4-6-19(18)15-17/h3-15H,1-2H3/b8-7-. The lowest BCUT2D eigenvalue weighted by molar-refractivity contribution is 1.13. The summed E-state index contributed by atoms with van der Waals surface area (Å²) in [4.78, 5) is 2.11. The number of nitrogens with zero attached hydrogens (tertiary/aromatic N) is 1. The van der Waals surface area contributed by atoms with Crippen LogP contribution < -0.4 is 4.90 Å². The van der Waals surface area contributed by atoms with Crippen LogP contribution in [0.4, 0.5) is 5.69 Å². The molecule has 3 aromatic rings. The smallest absolute Gasteiger partial charge is 0.0361 e. The van der Waals surface area contributed by atoms with Crippen LogP contribution in [0.15, 0.2) is 66.7 Å². The van der Waals surface area contributed by atoms with Crippen LogP contribution in [-0.2, 0) is 0 Å². The Balaban J connectivity index is 1.83. The van der Waals surface area contributed by atoms with E-state index in [9.17, 15) is 0 Å². The minimum absolute atomic E-state index is 1.22. The summed E-state index contributed by atoms with van der Waals surface area (Å²) in [5.41, 5.74) is 3.66. The minimum atomic E-state index is 1.22. The van der Waals surface area contributed by atoms with Gasteiger partial charge in [-0.25, -0.2) is 0 Å². The van der Waals surface area contributed by atoms with Gasteiger partial charge >= 0.3 is 0 Å². The highest BCUT2D eigenvalue weighted by atomic mass is 15.1. The second-order valence-corrected chi connectivity index (χ2v) is 5.43. The molecule has 104 valence electrons. The van der Waals surface area contributed by atoms with E-state index in [-0.39, 0.29) is 0 Å². The molecule has 0 unspecified atom stereocenters. The molecule has 0 aromatic heterocycles. The summed E-state index contributed by atoms with van der Waals surface area (Å²) >= 11 is 0. The topological polar surface area (TPSA) is 3.24 Å². The maximum Gasteiger partial charge on any atom is 0.0361 e. The quantitative estimate of drug-likeness (QED) is 0.602. The van der Waals surface area contributed by atoms with E-state index in [0.29, 0.717) is 0 Å². The third kappa shape index (κ3) is 3.14. The van der Waals surface area contributed by atoms with Gasteiger partial charge in [-0.3, -0.25) is 0 Å². The molecule has 0 fully saturated rings. The molecule has 0 heterocycles. The molecular weight excluding hydrogens is 254 g/mol. The van der Waals surface area contributed by atoms with Crippen LogP contribution in [0.3, 0.4) is 0 Å². The van der Waals surface area contributed by atoms with Gasteiger partial charge in [0.1, 0.15) is 0 Å². The van der Waals surface area contributed by atoms with E-state index in [0.717, 1.165) is 0 Å². The molecule has 0 saturated heterocycles. The fourth-order valence-electron chi connectivity index (χ4n) is 2.39. The molecule has 3 rings (SSSR count). The van der Waals surface area contributed by atoms with Gasteiger partial charge in [-0.2, -0.15) is 0 Å². The molecule has 0 aliphatic carbocycles. The van der Waals surface area contributed by atoms with Crippen LogP contribution in [0, 0.1) is 0 Å². The molecule has 0 saturated carbocycles. The van der Waals surface area contributed by atoms with Crippen molar-refractivity contribution in [3.8, 4) is 0 Å². The van der Waals surface area contributed by atoms with Crippen molar-refractivity contribution in [2.75, 3.05) is 19.0 Å². The number of anilines is 1. The van der Waals surface area contributed by atoms with Gasteiger partial charge in [0.25, 0.3) is 0 Å². The molecule has 0 amide bonds. The average Bonchev–Trinajstić information content (AvgIpc) is 2.53. The summed E-state index contributed by atoms with van der Waals surface area (Å²) in [6.07, 6.45) is 4.32. The molecule has 21 heavy (non-hydrogen) atoms. The van der Waals surface area contributed by atoms with Crippen molar-refractivity contribution in [1.29, 1.82) is 0 Å². The van der Waals surface area contributed by atoms with Crippen molar-refractivity contribution >= 4 is 28.6 Å². The average molecular weight is 273 g/mol. The first kappa shape index (κ1) is 13.4. The molecular formula is C20H19N. The summed E-state index contributed by atoms with van der Waals surface area (Å²) < 4.78 is 0. The zero-order valence-corrected chi connectivity index (χ0v) is 12.5. The molecule has 1 nitrogen and oxygen atoms in total. The fraction of sp³-hybridized carbons (Fsp3) is 0.100. The van der Waals surface area contributed by atoms with Gasteiger partial charge in [0, 0.05) is 19.8 Å². The first-order valence-electron chi connectivity index (χ1n) is 7.17. The number of benzene rings is 3. The third-order valence-corrected chi connectivity index (χ3v) is 3.65. The van der Waals surface area contributed by atoms with Gasteiger partial charge in [0.05, 0.1) is 0 Å². The Hall–Kier alpha value is -2.54. The third-order valence-electron chi connectivity index (χ3n) is 3.65. The lowest BCUT2D eigenvalue weighted by atomic mass is 10.1. The molecule has 3 aromatic carbocycles. The van der Waals surface area contributed by atoms with E-state index in [1.165, 1.54) is 27.6 Å². The predicted octanol–water partition coefficient (Wildman–Crippen LogP) is 5.08.